The van der Waals surface area contributed by atoms with E-state index in [1.807, 2.05) is 23.9 Å². The summed E-state index contributed by atoms with van der Waals surface area (Å²) < 4.78 is 14.0. The van der Waals surface area contributed by atoms with Gasteiger partial charge in [0.2, 0.25) is 0 Å². The second-order valence-electron chi connectivity index (χ2n) is 6.61. The maximum atomic E-state index is 14.0. The van der Waals surface area contributed by atoms with Gasteiger partial charge in [-0.15, -0.1) is 11.8 Å². The fourth-order valence-electron chi connectivity index (χ4n) is 2.84. The Kier molecular flexibility index (Phi) is 4.50. The highest BCUT2D eigenvalue weighted by Crippen LogP contribution is 2.41. The lowest BCUT2D eigenvalue weighted by molar-refractivity contribution is 0.0696. The van der Waals surface area contributed by atoms with Crippen molar-refractivity contribution in [2.75, 3.05) is 5.75 Å². The number of fused-ring (bicyclic) bond motifs is 1. The zero-order valence-corrected chi connectivity index (χ0v) is 14.5. The Balaban J connectivity index is 1.89. The van der Waals surface area contributed by atoms with Crippen LogP contribution in [-0.2, 0) is 5.41 Å². The van der Waals surface area contributed by atoms with Crippen LogP contribution in [0.1, 0.15) is 47.3 Å². The third kappa shape index (κ3) is 3.39. The summed E-state index contributed by atoms with van der Waals surface area (Å²) in [5, 5.41) is 8.88. The summed E-state index contributed by atoms with van der Waals surface area (Å²) in [5.41, 5.74) is 2.84. The van der Waals surface area contributed by atoms with Gasteiger partial charge >= 0.3 is 5.97 Å². The minimum Gasteiger partial charge on any atom is -0.478 e. The van der Waals surface area contributed by atoms with Gasteiger partial charge in [0, 0.05) is 10.5 Å². The monoisotopic (exact) mass is 342 g/mol. The van der Waals surface area contributed by atoms with Crippen molar-refractivity contribution in [3.63, 3.8) is 0 Å². The molecule has 124 valence electrons. The van der Waals surface area contributed by atoms with E-state index in [4.69, 9.17) is 5.11 Å². The van der Waals surface area contributed by atoms with Gasteiger partial charge in [-0.25, -0.2) is 9.18 Å². The van der Waals surface area contributed by atoms with Gasteiger partial charge < -0.3 is 5.11 Å². The van der Waals surface area contributed by atoms with Gasteiger partial charge in [0.05, 0.1) is 5.56 Å². The number of thioether (sulfide) groups is 1. The van der Waals surface area contributed by atoms with Gasteiger partial charge in [-0.3, -0.25) is 0 Å². The van der Waals surface area contributed by atoms with Crippen molar-refractivity contribution in [2.45, 2.75) is 30.6 Å². The third-order valence-corrected chi connectivity index (χ3v) is 5.50. The van der Waals surface area contributed by atoms with Crippen molar-refractivity contribution in [3.05, 3.63) is 64.5 Å². The molecule has 1 heterocycles. The fraction of sp³-hybridized carbons (Fsp3) is 0.250. The van der Waals surface area contributed by atoms with Crippen LogP contribution in [0.15, 0.2) is 41.3 Å². The van der Waals surface area contributed by atoms with Gasteiger partial charge in [-0.1, -0.05) is 44.2 Å². The zero-order chi connectivity index (χ0) is 17.3. The molecule has 1 aliphatic rings. The molecule has 3 rings (SSSR count). The highest BCUT2D eigenvalue weighted by atomic mass is 32.2. The van der Waals surface area contributed by atoms with E-state index in [0.29, 0.717) is 5.56 Å². The summed E-state index contributed by atoms with van der Waals surface area (Å²) in [7, 11) is 0. The Morgan fingerprint density at radius 1 is 1.21 bits per heavy atom. The maximum Gasteiger partial charge on any atom is 0.335 e. The van der Waals surface area contributed by atoms with Gasteiger partial charge in [-0.2, -0.15) is 0 Å². The molecule has 2 nitrogen and oxygen atoms in total. The average molecular weight is 342 g/mol. The predicted molar refractivity (Wildman–Crippen MR) is 97.1 cm³/mol. The van der Waals surface area contributed by atoms with E-state index in [9.17, 15) is 9.18 Å². The molecule has 0 amide bonds. The molecule has 0 fully saturated rings. The molecular formula is C20H19FO2S. The number of benzene rings is 2. The SMILES string of the molecule is CC1(C)CCSc2ccc(/C=C/c3ccc(C(=O)O)cc3F)cc21. The largest absolute Gasteiger partial charge is 0.478 e. The number of carboxylic acid groups (broad SMARTS) is 1. The van der Waals surface area contributed by atoms with Crippen LogP contribution in [0.4, 0.5) is 4.39 Å². The highest BCUT2D eigenvalue weighted by molar-refractivity contribution is 7.99. The molecule has 4 heteroatoms. The Labute approximate surface area is 145 Å². The molecule has 0 bridgehead atoms. The fourth-order valence-corrected chi connectivity index (χ4v) is 4.33. The van der Waals surface area contributed by atoms with E-state index in [1.165, 1.54) is 22.6 Å². The van der Waals surface area contributed by atoms with Crippen LogP contribution in [0.5, 0.6) is 0 Å². The van der Waals surface area contributed by atoms with Crippen molar-refractivity contribution in [3.8, 4) is 0 Å². The van der Waals surface area contributed by atoms with Crippen LogP contribution in [-0.4, -0.2) is 16.8 Å². The third-order valence-electron chi connectivity index (χ3n) is 4.42. The summed E-state index contributed by atoms with van der Waals surface area (Å²) in [6, 6.07) is 10.3. The molecule has 0 atom stereocenters. The first-order chi connectivity index (χ1) is 11.4. The van der Waals surface area contributed by atoms with E-state index in [2.05, 4.69) is 26.0 Å². The minimum absolute atomic E-state index is 0.0443. The van der Waals surface area contributed by atoms with E-state index < -0.39 is 11.8 Å². The molecule has 0 aliphatic carbocycles. The molecule has 0 unspecified atom stereocenters. The molecule has 24 heavy (non-hydrogen) atoms. The smallest absolute Gasteiger partial charge is 0.335 e. The number of halogens is 1. The molecule has 1 N–H and O–H groups in total. The predicted octanol–water partition coefficient (Wildman–Crippen LogP) is 5.47. The normalized spacial score (nSPS) is 16.1. The summed E-state index contributed by atoms with van der Waals surface area (Å²) in [5.74, 6) is -0.519. The molecule has 0 radical (unpaired) electrons. The molecule has 2 aromatic carbocycles. The van der Waals surface area contributed by atoms with Crippen molar-refractivity contribution in [2.24, 2.45) is 0 Å². The first kappa shape index (κ1) is 16.8. The number of hydrogen-bond acceptors (Lipinski definition) is 2. The van der Waals surface area contributed by atoms with Crippen LogP contribution in [0, 0.1) is 5.82 Å². The van der Waals surface area contributed by atoms with Gasteiger partial charge in [-0.05, 0) is 46.9 Å². The van der Waals surface area contributed by atoms with Gasteiger partial charge in [0.15, 0.2) is 0 Å². The van der Waals surface area contributed by atoms with Crippen LogP contribution in [0.25, 0.3) is 12.2 Å². The van der Waals surface area contributed by atoms with Crippen molar-refractivity contribution >= 4 is 29.9 Å². The quantitative estimate of drug-likeness (QED) is 0.752. The van der Waals surface area contributed by atoms with Gasteiger partial charge in [0.25, 0.3) is 0 Å². The second kappa shape index (κ2) is 6.44. The summed E-state index contributed by atoms with van der Waals surface area (Å²) in [4.78, 5) is 12.2. The molecule has 0 aromatic heterocycles. The van der Waals surface area contributed by atoms with Crippen LogP contribution in [0.3, 0.4) is 0 Å². The number of aromatic carboxylic acids is 1. The van der Waals surface area contributed by atoms with E-state index in [-0.39, 0.29) is 11.0 Å². The molecule has 0 saturated heterocycles. The van der Waals surface area contributed by atoms with Crippen LogP contribution >= 0.6 is 11.8 Å². The minimum atomic E-state index is -1.13. The average Bonchev–Trinajstić information content (AvgIpc) is 2.53. The summed E-state index contributed by atoms with van der Waals surface area (Å²) >= 11 is 1.88. The first-order valence-corrected chi connectivity index (χ1v) is 8.84. The van der Waals surface area contributed by atoms with E-state index in [1.54, 1.807) is 6.08 Å². The number of hydrogen-bond donors (Lipinski definition) is 1. The molecule has 0 saturated carbocycles. The maximum absolute atomic E-state index is 14.0. The highest BCUT2D eigenvalue weighted by Gasteiger charge is 2.27. The Hall–Kier alpha value is -2.07. The molecule has 1 aliphatic heterocycles. The zero-order valence-electron chi connectivity index (χ0n) is 13.7. The molecular weight excluding hydrogens is 323 g/mol. The first-order valence-electron chi connectivity index (χ1n) is 7.85. The number of rotatable bonds is 3. The van der Waals surface area contributed by atoms with Crippen molar-refractivity contribution in [1.29, 1.82) is 0 Å². The Morgan fingerprint density at radius 3 is 2.71 bits per heavy atom. The topological polar surface area (TPSA) is 37.3 Å². The summed E-state index contributed by atoms with van der Waals surface area (Å²) in [6.07, 6.45) is 4.70. The second-order valence-corrected chi connectivity index (χ2v) is 7.75. The van der Waals surface area contributed by atoms with Crippen molar-refractivity contribution in [1.82, 2.24) is 0 Å². The van der Waals surface area contributed by atoms with Crippen LogP contribution < -0.4 is 0 Å². The lowest BCUT2D eigenvalue weighted by Gasteiger charge is -2.32. The van der Waals surface area contributed by atoms with Crippen molar-refractivity contribution < 1.29 is 14.3 Å². The van der Waals surface area contributed by atoms with Crippen LogP contribution in [0.2, 0.25) is 0 Å². The lowest BCUT2D eigenvalue weighted by atomic mass is 9.81. The Morgan fingerprint density at radius 2 is 2.00 bits per heavy atom. The summed E-state index contributed by atoms with van der Waals surface area (Å²) in [6.45, 7) is 4.51. The van der Waals surface area contributed by atoms with Gasteiger partial charge in [0.1, 0.15) is 5.82 Å². The standard InChI is InChI=1S/C20H19FO2S/c1-20(2)9-10-24-18-8-4-13(11-16(18)20)3-5-14-6-7-15(19(22)23)12-17(14)21/h3-8,11-12H,9-10H2,1-2H3,(H,22,23)/b5-3+. The molecule has 2 aromatic rings. The van der Waals surface area contributed by atoms with E-state index >= 15 is 0 Å². The number of carbonyl (C=O) groups is 1. The Bertz CT molecular complexity index is 824. The molecule has 0 spiro atoms. The number of carboxylic acids is 1. The lowest BCUT2D eigenvalue weighted by Crippen LogP contribution is -2.22. The van der Waals surface area contributed by atoms with E-state index in [0.717, 1.165) is 23.8 Å².